The summed E-state index contributed by atoms with van der Waals surface area (Å²) in [5, 5.41) is 14.0. The van der Waals surface area contributed by atoms with E-state index in [2.05, 4.69) is 5.32 Å². The molecule has 0 bridgehead atoms. The van der Waals surface area contributed by atoms with Gasteiger partial charge in [-0.1, -0.05) is 48.8 Å². The van der Waals surface area contributed by atoms with Crippen molar-refractivity contribution < 1.29 is 14.3 Å². The van der Waals surface area contributed by atoms with E-state index in [1.54, 1.807) is 16.7 Å². The van der Waals surface area contributed by atoms with Crippen molar-refractivity contribution in [1.82, 2.24) is 14.8 Å². The Morgan fingerprint density at radius 2 is 1.97 bits per heavy atom. The number of aromatic hydroxyl groups is 1. The maximum Gasteiger partial charge on any atom is 0.308 e. The monoisotopic (exact) mass is 528 g/mol. The molecule has 4 rings (SSSR count). The van der Waals surface area contributed by atoms with Crippen LogP contribution in [0, 0.1) is 5.82 Å². The minimum Gasteiger partial charge on any atom is -0.506 e. The number of thiazole rings is 1. The van der Waals surface area contributed by atoms with Crippen molar-refractivity contribution >= 4 is 27.5 Å². The Hall–Kier alpha value is -2.75. The molecule has 7 nitrogen and oxygen atoms in total. The van der Waals surface area contributed by atoms with E-state index in [4.69, 9.17) is 5.73 Å². The van der Waals surface area contributed by atoms with Gasteiger partial charge in [-0.15, -0.1) is 0 Å². The molecule has 0 radical (unpaired) electrons. The van der Waals surface area contributed by atoms with Gasteiger partial charge in [0.15, 0.2) is 0 Å². The van der Waals surface area contributed by atoms with E-state index >= 15 is 0 Å². The number of aryl methyl sites for hydroxylation is 2. The third-order valence-corrected chi connectivity index (χ3v) is 8.23. The lowest BCUT2D eigenvalue weighted by Gasteiger charge is -2.34. The van der Waals surface area contributed by atoms with Gasteiger partial charge < -0.3 is 21.1 Å². The minimum absolute atomic E-state index is 0.0749. The average molecular weight is 529 g/mol. The molecule has 3 aromatic rings. The molecule has 1 aliphatic carbocycles. The third-order valence-electron chi connectivity index (χ3n) is 7.18. The summed E-state index contributed by atoms with van der Waals surface area (Å²) >= 11 is 1.14. The number of hydrogen-bond donors (Lipinski definition) is 3. The number of nitrogens with zero attached hydrogens (tertiary/aromatic N) is 2. The molecule has 9 heteroatoms. The second-order valence-electron chi connectivity index (χ2n) is 9.74. The fraction of sp³-hybridized carbons (Fsp3) is 0.500. The van der Waals surface area contributed by atoms with Gasteiger partial charge in [0.1, 0.15) is 17.1 Å². The number of fused-ring (bicyclic) bond motifs is 1. The Bertz CT molecular complexity index is 1250. The molecule has 37 heavy (non-hydrogen) atoms. The van der Waals surface area contributed by atoms with Crippen LogP contribution in [-0.2, 0) is 24.2 Å². The topological polar surface area (TPSA) is 101 Å². The highest BCUT2D eigenvalue weighted by atomic mass is 32.1. The standard InChI is InChI=1S/C28H37FN4O3S/c29-22-6-4-5-20(19-22)13-17-33-26-24(34)10-9-21(27(26)37-28(33)36)12-15-31-16-18-32(25(35)11-14-30)23-7-2-1-3-8-23/h4-6,9-10,19,23,31,34H,1-3,7-8,11-18,30H2. The van der Waals surface area contributed by atoms with Crippen LogP contribution in [-0.4, -0.2) is 52.7 Å². The summed E-state index contributed by atoms with van der Waals surface area (Å²) in [6, 6.07) is 10.2. The highest BCUT2D eigenvalue weighted by Gasteiger charge is 2.24. The second kappa shape index (κ2) is 13.2. The lowest BCUT2D eigenvalue weighted by molar-refractivity contribution is -0.133. The van der Waals surface area contributed by atoms with Crippen molar-refractivity contribution in [3.63, 3.8) is 0 Å². The quantitative estimate of drug-likeness (QED) is 0.311. The van der Waals surface area contributed by atoms with Gasteiger partial charge in [0, 0.05) is 38.6 Å². The molecule has 1 heterocycles. The number of amides is 1. The lowest BCUT2D eigenvalue weighted by atomic mass is 9.94. The number of carbonyl (C=O) groups excluding carboxylic acids is 1. The lowest BCUT2D eigenvalue weighted by Crippen LogP contribution is -2.45. The van der Waals surface area contributed by atoms with Gasteiger partial charge in [-0.3, -0.25) is 14.2 Å². The number of halogens is 1. The SMILES string of the molecule is NCCC(=O)N(CCNCCc1ccc(O)c2c1sc(=O)n2CCc1cccc(F)c1)C1CCCCC1. The largest absolute Gasteiger partial charge is 0.506 e. The maximum absolute atomic E-state index is 13.5. The predicted molar refractivity (Wildman–Crippen MR) is 147 cm³/mol. The van der Waals surface area contributed by atoms with E-state index in [1.807, 2.05) is 17.0 Å². The number of phenolic OH excluding ortho intramolecular Hbond substituents is 1. The van der Waals surface area contributed by atoms with Gasteiger partial charge in [-0.05, 0) is 61.6 Å². The first kappa shape index (κ1) is 27.3. The summed E-state index contributed by atoms with van der Waals surface area (Å²) < 4.78 is 15.9. The summed E-state index contributed by atoms with van der Waals surface area (Å²) in [5.41, 5.74) is 7.98. The number of hydrogen-bond acceptors (Lipinski definition) is 6. The fourth-order valence-electron chi connectivity index (χ4n) is 5.26. The molecule has 4 N–H and O–H groups in total. The first-order chi connectivity index (χ1) is 18.0. The summed E-state index contributed by atoms with van der Waals surface area (Å²) in [6.45, 7) is 2.79. The molecule has 1 fully saturated rings. The highest BCUT2D eigenvalue weighted by molar-refractivity contribution is 7.16. The van der Waals surface area contributed by atoms with Crippen LogP contribution in [0.1, 0.15) is 49.7 Å². The van der Waals surface area contributed by atoms with Crippen LogP contribution < -0.4 is 15.9 Å². The molecule has 0 saturated heterocycles. The minimum atomic E-state index is -0.303. The van der Waals surface area contributed by atoms with Gasteiger partial charge in [0.05, 0.1) is 4.70 Å². The van der Waals surface area contributed by atoms with E-state index in [9.17, 15) is 19.1 Å². The molecule has 2 aromatic carbocycles. The number of aromatic nitrogens is 1. The van der Waals surface area contributed by atoms with Crippen LogP contribution in [0.5, 0.6) is 5.75 Å². The van der Waals surface area contributed by atoms with Crippen molar-refractivity contribution in [3.8, 4) is 5.75 Å². The van der Waals surface area contributed by atoms with Crippen LogP contribution in [0.25, 0.3) is 10.2 Å². The molecular weight excluding hydrogens is 491 g/mol. The van der Waals surface area contributed by atoms with E-state index in [1.165, 1.54) is 31.4 Å². The summed E-state index contributed by atoms with van der Waals surface area (Å²) in [7, 11) is 0. The summed E-state index contributed by atoms with van der Waals surface area (Å²) in [5.74, 6) is -0.0881. The van der Waals surface area contributed by atoms with Crippen LogP contribution in [0.15, 0.2) is 41.2 Å². The van der Waals surface area contributed by atoms with Gasteiger partial charge in [-0.2, -0.15) is 0 Å². The van der Waals surface area contributed by atoms with E-state index in [0.717, 1.165) is 40.0 Å². The van der Waals surface area contributed by atoms with Crippen molar-refractivity contribution in [2.75, 3.05) is 26.2 Å². The zero-order valence-corrected chi connectivity index (χ0v) is 22.1. The first-order valence-corrected chi connectivity index (χ1v) is 14.1. The molecule has 200 valence electrons. The second-order valence-corrected chi connectivity index (χ2v) is 10.7. The van der Waals surface area contributed by atoms with Gasteiger partial charge >= 0.3 is 4.87 Å². The third kappa shape index (κ3) is 6.97. The zero-order chi connectivity index (χ0) is 26.2. The highest BCUT2D eigenvalue weighted by Crippen LogP contribution is 2.30. The number of carbonyl (C=O) groups is 1. The molecule has 0 spiro atoms. The van der Waals surface area contributed by atoms with Crippen molar-refractivity contribution in [2.24, 2.45) is 5.73 Å². The van der Waals surface area contributed by atoms with Crippen molar-refractivity contribution in [3.05, 3.63) is 63.0 Å². The predicted octanol–water partition coefficient (Wildman–Crippen LogP) is 3.79. The zero-order valence-electron chi connectivity index (χ0n) is 21.3. The number of benzene rings is 2. The Kier molecular flexibility index (Phi) is 9.71. The maximum atomic E-state index is 13.5. The van der Waals surface area contributed by atoms with Crippen LogP contribution in [0.2, 0.25) is 0 Å². The summed E-state index contributed by atoms with van der Waals surface area (Å²) in [6.07, 6.45) is 7.30. The van der Waals surface area contributed by atoms with Crippen LogP contribution in [0.3, 0.4) is 0 Å². The van der Waals surface area contributed by atoms with E-state index in [0.29, 0.717) is 63.5 Å². The number of rotatable bonds is 12. The van der Waals surface area contributed by atoms with Crippen LogP contribution >= 0.6 is 11.3 Å². The Morgan fingerprint density at radius 3 is 2.73 bits per heavy atom. The number of nitrogens with one attached hydrogen (secondary N) is 1. The molecule has 1 aromatic heterocycles. The normalized spacial score (nSPS) is 14.3. The Labute approximate surface area is 221 Å². The summed E-state index contributed by atoms with van der Waals surface area (Å²) in [4.78, 5) is 27.3. The van der Waals surface area contributed by atoms with Crippen molar-refractivity contribution in [1.29, 1.82) is 0 Å². The Balaban J connectivity index is 1.37. The number of nitrogens with two attached hydrogens (primary N) is 1. The molecule has 0 aliphatic heterocycles. The molecule has 0 atom stereocenters. The van der Waals surface area contributed by atoms with Gasteiger partial charge in [0.2, 0.25) is 5.91 Å². The fourth-order valence-corrected chi connectivity index (χ4v) is 6.34. The van der Waals surface area contributed by atoms with E-state index in [-0.39, 0.29) is 22.3 Å². The molecule has 0 unspecified atom stereocenters. The van der Waals surface area contributed by atoms with Gasteiger partial charge in [0.25, 0.3) is 0 Å². The molecule has 1 aliphatic rings. The van der Waals surface area contributed by atoms with Crippen LogP contribution in [0.4, 0.5) is 4.39 Å². The number of phenols is 1. The smallest absolute Gasteiger partial charge is 0.308 e. The Morgan fingerprint density at radius 1 is 1.16 bits per heavy atom. The van der Waals surface area contributed by atoms with E-state index < -0.39 is 0 Å². The molecule has 1 amide bonds. The van der Waals surface area contributed by atoms with Gasteiger partial charge in [-0.25, -0.2) is 4.39 Å². The van der Waals surface area contributed by atoms with Crippen molar-refractivity contribution in [2.45, 2.75) is 64.0 Å². The average Bonchev–Trinajstić information content (AvgIpc) is 3.23. The molecule has 1 saturated carbocycles. The molecular formula is C28H37FN4O3S. The first-order valence-electron chi connectivity index (χ1n) is 13.3.